The summed E-state index contributed by atoms with van der Waals surface area (Å²) in [6, 6.07) is 0.443. The highest BCUT2D eigenvalue weighted by Gasteiger charge is 2.31. The molecule has 3 nitrogen and oxygen atoms in total. The van der Waals surface area contributed by atoms with Gasteiger partial charge in [-0.3, -0.25) is 4.79 Å². The van der Waals surface area contributed by atoms with Gasteiger partial charge in [-0.2, -0.15) is 0 Å². The molecule has 2 rings (SSSR count). The second-order valence-electron chi connectivity index (χ2n) is 5.55. The van der Waals surface area contributed by atoms with Crippen LogP contribution in [0.2, 0.25) is 0 Å². The minimum absolute atomic E-state index is 0.240. The number of carbonyl (C=O) groups is 1. The summed E-state index contributed by atoms with van der Waals surface area (Å²) in [5.41, 5.74) is 0. The van der Waals surface area contributed by atoms with E-state index < -0.39 is 0 Å². The van der Waals surface area contributed by atoms with E-state index >= 15 is 0 Å². The second kappa shape index (κ2) is 5.17. The van der Waals surface area contributed by atoms with Gasteiger partial charge in [-0.05, 0) is 45.1 Å². The van der Waals surface area contributed by atoms with Gasteiger partial charge in [0.05, 0.1) is 5.92 Å². The van der Waals surface area contributed by atoms with E-state index in [0.717, 1.165) is 38.4 Å². The molecule has 2 aliphatic heterocycles. The third kappa shape index (κ3) is 2.57. The zero-order chi connectivity index (χ0) is 11.5. The van der Waals surface area contributed by atoms with Crippen LogP contribution in [0, 0.1) is 11.8 Å². The van der Waals surface area contributed by atoms with Crippen molar-refractivity contribution < 1.29 is 4.79 Å². The Balaban J connectivity index is 1.92. The van der Waals surface area contributed by atoms with Gasteiger partial charge in [0.25, 0.3) is 0 Å². The molecular formula is C13H24N2O. The third-order valence-electron chi connectivity index (χ3n) is 4.07. The van der Waals surface area contributed by atoms with Crippen LogP contribution in [0.1, 0.15) is 39.5 Å². The van der Waals surface area contributed by atoms with Crippen LogP contribution < -0.4 is 5.32 Å². The standard InChI is InChI=1S/C13H24N2O/c1-10-5-7-15(11(2)8-10)13(16)12-4-3-6-14-9-12/h10-12,14H,3-9H2,1-2H3/t10?,11?,12-/m0/s1. The Bertz CT molecular complexity index is 248. The molecule has 0 bridgehead atoms. The van der Waals surface area contributed by atoms with Crippen molar-refractivity contribution in [1.29, 1.82) is 0 Å². The van der Waals surface area contributed by atoms with Gasteiger partial charge in [0.1, 0.15) is 0 Å². The summed E-state index contributed by atoms with van der Waals surface area (Å²) in [7, 11) is 0. The number of hydrogen-bond donors (Lipinski definition) is 1. The molecule has 2 heterocycles. The maximum atomic E-state index is 12.4. The van der Waals surface area contributed by atoms with E-state index in [4.69, 9.17) is 0 Å². The van der Waals surface area contributed by atoms with Crippen molar-refractivity contribution in [3.63, 3.8) is 0 Å². The summed E-state index contributed by atoms with van der Waals surface area (Å²) < 4.78 is 0. The van der Waals surface area contributed by atoms with Crippen molar-refractivity contribution >= 4 is 5.91 Å². The summed E-state index contributed by atoms with van der Waals surface area (Å²) >= 11 is 0. The number of amides is 1. The quantitative estimate of drug-likeness (QED) is 0.734. The fourth-order valence-corrected chi connectivity index (χ4v) is 3.03. The number of carbonyl (C=O) groups excluding carboxylic acids is 1. The minimum atomic E-state index is 0.240. The molecular weight excluding hydrogens is 200 g/mol. The molecule has 0 saturated carbocycles. The molecule has 0 aromatic heterocycles. The van der Waals surface area contributed by atoms with Crippen LogP contribution in [0.15, 0.2) is 0 Å². The Morgan fingerprint density at radius 3 is 2.75 bits per heavy atom. The van der Waals surface area contributed by atoms with Crippen molar-refractivity contribution in [3.05, 3.63) is 0 Å². The van der Waals surface area contributed by atoms with Gasteiger partial charge < -0.3 is 10.2 Å². The summed E-state index contributed by atoms with van der Waals surface area (Å²) in [5.74, 6) is 1.42. The van der Waals surface area contributed by atoms with E-state index in [2.05, 4.69) is 24.1 Å². The molecule has 2 fully saturated rings. The van der Waals surface area contributed by atoms with Crippen molar-refractivity contribution in [3.8, 4) is 0 Å². The first-order chi connectivity index (χ1) is 7.68. The molecule has 1 amide bonds. The highest BCUT2D eigenvalue weighted by atomic mass is 16.2. The first-order valence-corrected chi connectivity index (χ1v) is 6.69. The fourth-order valence-electron chi connectivity index (χ4n) is 3.03. The normalized spacial score (nSPS) is 36.1. The van der Waals surface area contributed by atoms with Crippen LogP contribution in [-0.2, 0) is 4.79 Å². The SMILES string of the molecule is CC1CCN(C(=O)[C@H]2CCCNC2)C(C)C1. The molecule has 2 saturated heterocycles. The van der Waals surface area contributed by atoms with E-state index in [9.17, 15) is 4.79 Å². The molecule has 0 aromatic rings. The molecule has 1 N–H and O–H groups in total. The Hall–Kier alpha value is -0.570. The highest BCUT2D eigenvalue weighted by molar-refractivity contribution is 5.79. The van der Waals surface area contributed by atoms with Gasteiger partial charge in [0.15, 0.2) is 0 Å². The summed E-state index contributed by atoms with van der Waals surface area (Å²) in [6.07, 6.45) is 4.57. The predicted octanol–water partition coefficient (Wildman–Crippen LogP) is 1.63. The molecule has 92 valence electrons. The topological polar surface area (TPSA) is 32.3 Å². The van der Waals surface area contributed by atoms with Crippen LogP contribution in [0.4, 0.5) is 0 Å². The maximum absolute atomic E-state index is 12.4. The van der Waals surface area contributed by atoms with Crippen molar-refractivity contribution in [2.45, 2.75) is 45.6 Å². The van der Waals surface area contributed by atoms with Gasteiger partial charge in [-0.15, -0.1) is 0 Å². The van der Waals surface area contributed by atoms with Crippen LogP contribution >= 0.6 is 0 Å². The van der Waals surface area contributed by atoms with Crippen molar-refractivity contribution in [1.82, 2.24) is 10.2 Å². The number of hydrogen-bond acceptors (Lipinski definition) is 2. The van der Waals surface area contributed by atoms with Crippen LogP contribution in [0.5, 0.6) is 0 Å². The van der Waals surface area contributed by atoms with E-state index in [1.54, 1.807) is 0 Å². The van der Waals surface area contributed by atoms with Gasteiger partial charge in [-0.25, -0.2) is 0 Å². The largest absolute Gasteiger partial charge is 0.340 e. The van der Waals surface area contributed by atoms with Gasteiger partial charge in [0, 0.05) is 19.1 Å². The van der Waals surface area contributed by atoms with E-state index in [0.29, 0.717) is 11.9 Å². The lowest BCUT2D eigenvalue weighted by molar-refractivity contribution is -0.140. The Labute approximate surface area is 98.6 Å². The zero-order valence-electron chi connectivity index (χ0n) is 10.5. The Kier molecular flexibility index (Phi) is 3.85. The molecule has 2 aliphatic rings. The third-order valence-corrected chi connectivity index (χ3v) is 4.07. The zero-order valence-corrected chi connectivity index (χ0v) is 10.5. The second-order valence-corrected chi connectivity index (χ2v) is 5.55. The van der Waals surface area contributed by atoms with Gasteiger partial charge in [-0.1, -0.05) is 6.92 Å². The summed E-state index contributed by atoms with van der Waals surface area (Å²) in [5, 5.41) is 3.33. The van der Waals surface area contributed by atoms with Crippen LogP contribution in [0.3, 0.4) is 0 Å². The summed E-state index contributed by atoms with van der Waals surface area (Å²) in [6.45, 7) is 7.43. The molecule has 0 aliphatic carbocycles. The Morgan fingerprint density at radius 2 is 2.12 bits per heavy atom. The minimum Gasteiger partial charge on any atom is -0.340 e. The molecule has 16 heavy (non-hydrogen) atoms. The molecule has 0 aromatic carbocycles. The van der Waals surface area contributed by atoms with Crippen LogP contribution in [0.25, 0.3) is 0 Å². The first kappa shape index (κ1) is 11.9. The maximum Gasteiger partial charge on any atom is 0.227 e. The van der Waals surface area contributed by atoms with Crippen molar-refractivity contribution in [2.24, 2.45) is 11.8 Å². The van der Waals surface area contributed by atoms with Crippen molar-refractivity contribution in [2.75, 3.05) is 19.6 Å². The molecule has 0 radical (unpaired) electrons. The van der Waals surface area contributed by atoms with E-state index in [-0.39, 0.29) is 5.92 Å². The lowest BCUT2D eigenvalue weighted by Crippen LogP contribution is -2.49. The number of rotatable bonds is 1. The monoisotopic (exact) mass is 224 g/mol. The number of nitrogens with zero attached hydrogens (tertiary/aromatic N) is 1. The fraction of sp³-hybridized carbons (Fsp3) is 0.923. The lowest BCUT2D eigenvalue weighted by Gasteiger charge is -2.39. The molecule has 2 unspecified atom stereocenters. The van der Waals surface area contributed by atoms with Gasteiger partial charge in [0.2, 0.25) is 5.91 Å². The van der Waals surface area contributed by atoms with E-state index in [1.165, 1.54) is 12.8 Å². The molecule has 3 atom stereocenters. The molecule has 3 heteroatoms. The predicted molar refractivity (Wildman–Crippen MR) is 65.2 cm³/mol. The highest BCUT2D eigenvalue weighted by Crippen LogP contribution is 2.25. The smallest absolute Gasteiger partial charge is 0.227 e. The Morgan fingerprint density at radius 1 is 1.31 bits per heavy atom. The number of piperidine rings is 2. The van der Waals surface area contributed by atoms with E-state index in [1.807, 2.05) is 0 Å². The van der Waals surface area contributed by atoms with Crippen LogP contribution in [-0.4, -0.2) is 36.5 Å². The molecule has 0 spiro atoms. The lowest BCUT2D eigenvalue weighted by atomic mass is 9.90. The number of nitrogens with one attached hydrogen (secondary N) is 1. The number of likely N-dealkylation sites (tertiary alicyclic amines) is 1. The average molecular weight is 224 g/mol. The first-order valence-electron chi connectivity index (χ1n) is 6.69. The van der Waals surface area contributed by atoms with Gasteiger partial charge >= 0.3 is 0 Å². The summed E-state index contributed by atoms with van der Waals surface area (Å²) in [4.78, 5) is 14.5. The average Bonchev–Trinajstić information content (AvgIpc) is 2.29.